The van der Waals surface area contributed by atoms with Gasteiger partial charge in [-0.2, -0.15) is 0 Å². The molecule has 0 aromatic carbocycles. The third-order valence-corrected chi connectivity index (χ3v) is 0.876. The normalized spacial score (nSPS) is 9.75. The number of hydrogen-bond acceptors (Lipinski definition) is 1. The van der Waals surface area contributed by atoms with E-state index in [9.17, 15) is 0 Å². The van der Waals surface area contributed by atoms with E-state index < -0.39 is 0 Å². The summed E-state index contributed by atoms with van der Waals surface area (Å²) in [7, 11) is 1.86. The Morgan fingerprint density at radius 3 is 2.75 bits per heavy atom. The Morgan fingerprint density at radius 1 is 1.75 bits per heavy atom. The lowest BCUT2D eigenvalue weighted by Gasteiger charge is -1.92. The van der Waals surface area contributed by atoms with Crippen molar-refractivity contribution < 1.29 is 0 Å². The van der Waals surface area contributed by atoms with Crippen molar-refractivity contribution in [1.29, 1.82) is 0 Å². The Bertz CT molecular complexity index is 92.6. The molecule has 0 saturated heterocycles. The lowest BCUT2D eigenvalue weighted by Crippen LogP contribution is -2.00. The van der Waals surface area contributed by atoms with Gasteiger partial charge in [-0.25, -0.2) is 0 Å². The van der Waals surface area contributed by atoms with E-state index >= 15 is 0 Å². The quantitative estimate of drug-likeness (QED) is 0.546. The molecule has 0 unspecified atom stereocenters. The van der Waals surface area contributed by atoms with E-state index in [2.05, 4.69) is 24.9 Å². The van der Waals surface area contributed by atoms with Gasteiger partial charge >= 0.3 is 0 Å². The molecule has 0 bridgehead atoms. The fourth-order valence-corrected chi connectivity index (χ4v) is 0.343. The Balaban J connectivity index is 3.37. The van der Waals surface area contributed by atoms with Crippen LogP contribution in [0.4, 0.5) is 0 Å². The first-order valence-electron chi connectivity index (χ1n) is 2.84. The summed E-state index contributed by atoms with van der Waals surface area (Å²) in [5, 5.41) is 2.92. The van der Waals surface area contributed by atoms with Gasteiger partial charge in [0.25, 0.3) is 0 Å². The molecular weight excluding hydrogens is 98.1 g/mol. The van der Waals surface area contributed by atoms with Crippen molar-refractivity contribution >= 4 is 0 Å². The molecule has 0 aliphatic heterocycles. The van der Waals surface area contributed by atoms with E-state index in [0.29, 0.717) is 0 Å². The third kappa shape index (κ3) is 3.47. The van der Waals surface area contributed by atoms with Gasteiger partial charge in [0.2, 0.25) is 0 Å². The Morgan fingerprint density at radius 2 is 2.38 bits per heavy atom. The van der Waals surface area contributed by atoms with Gasteiger partial charge < -0.3 is 5.32 Å². The number of likely N-dealkylation sites (N-methyl/N-ethyl adjacent to an activating group) is 1. The fraction of sp³-hybridized carbons (Fsp3) is 0.429. The van der Waals surface area contributed by atoms with Crippen LogP contribution in [0.1, 0.15) is 13.3 Å². The van der Waals surface area contributed by atoms with Crippen LogP contribution in [0.3, 0.4) is 0 Å². The van der Waals surface area contributed by atoms with Crippen molar-refractivity contribution in [2.24, 2.45) is 0 Å². The highest BCUT2D eigenvalue weighted by Gasteiger charge is 1.74. The van der Waals surface area contributed by atoms with Gasteiger partial charge in [0.05, 0.1) is 0 Å². The molecule has 1 heteroatoms. The second-order valence-corrected chi connectivity index (χ2v) is 1.59. The molecule has 0 aromatic heterocycles. The SMILES string of the molecule is C=C(/C=C/CC)NC. The molecule has 0 spiro atoms. The summed E-state index contributed by atoms with van der Waals surface area (Å²) in [6.07, 6.45) is 5.11. The summed E-state index contributed by atoms with van der Waals surface area (Å²) in [4.78, 5) is 0. The van der Waals surface area contributed by atoms with Crippen LogP contribution in [-0.4, -0.2) is 7.05 Å². The van der Waals surface area contributed by atoms with Crippen LogP contribution in [0.5, 0.6) is 0 Å². The molecule has 0 rings (SSSR count). The summed E-state index contributed by atoms with van der Waals surface area (Å²) in [5.41, 5.74) is 0.965. The first-order chi connectivity index (χ1) is 3.81. The Kier molecular flexibility index (Phi) is 4.04. The number of nitrogens with one attached hydrogen (secondary N) is 1. The molecule has 0 aromatic rings. The van der Waals surface area contributed by atoms with Crippen molar-refractivity contribution in [3.8, 4) is 0 Å². The number of allylic oxidation sites excluding steroid dienone is 2. The molecule has 0 heterocycles. The van der Waals surface area contributed by atoms with Gasteiger partial charge in [0, 0.05) is 12.7 Å². The zero-order valence-corrected chi connectivity index (χ0v) is 5.57. The summed E-state index contributed by atoms with van der Waals surface area (Å²) < 4.78 is 0. The molecular formula is C7H13N. The van der Waals surface area contributed by atoms with Gasteiger partial charge in [-0.15, -0.1) is 0 Å². The predicted molar refractivity (Wildman–Crippen MR) is 37.6 cm³/mol. The van der Waals surface area contributed by atoms with E-state index in [-0.39, 0.29) is 0 Å². The van der Waals surface area contributed by atoms with Crippen LogP contribution in [0.15, 0.2) is 24.4 Å². The first-order valence-corrected chi connectivity index (χ1v) is 2.84. The zero-order valence-electron chi connectivity index (χ0n) is 5.57. The van der Waals surface area contributed by atoms with Crippen LogP contribution in [-0.2, 0) is 0 Å². The minimum atomic E-state index is 0.965. The lowest BCUT2D eigenvalue weighted by molar-refractivity contribution is 1.03. The van der Waals surface area contributed by atoms with Crippen molar-refractivity contribution in [3.05, 3.63) is 24.4 Å². The monoisotopic (exact) mass is 111 g/mol. The molecule has 8 heavy (non-hydrogen) atoms. The average molecular weight is 111 g/mol. The second-order valence-electron chi connectivity index (χ2n) is 1.59. The molecule has 0 amide bonds. The lowest BCUT2D eigenvalue weighted by atomic mass is 10.3. The largest absolute Gasteiger partial charge is 0.389 e. The van der Waals surface area contributed by atoms with Crippen molar-refractivity contribution in [1.82, 2.24) is 5.32 Å². The van der Waals surface area contributed by atoms with E-state index in [1.807, 2.05) is 13.1 Å². The molecule has 0 aliphatic carbocycles. The standard InChI is InChI=1S/C7H13N/c1-4-5-6-7(2)8-3/h5-6,8H,2,4H2,1,3H3/b6-5+. The van der Waals surface area contributed by atoms with E-state index in [1.165, 1.54) is 0 Å². The molecule has 46 valence electrons. The maximum absolute atomic E-state index is 3.71. The average Bonchev–Trinajstić information content (AvgIpc) is 1.83. The third-order valence-electron chi connectivity index (χ3n) is 0.876. The number of hydrogen-bond donors (Lipinski definition) is 1. The smallest absolute Gasteiger partial charge is 0.0261 e. The van der Waals surface area contributed by atoms with E-state index in [0.717, 1.165) is 12.1 Å². The van der Waals surface area contributed by atoms with Crippen LogP contribution in [0.2, 0.25) is 0 Å². The van der Waals surface area contributed by atoms with Gasteiger partial charge in [0.1, 0.15) is 0 Å². The highest BCUT2D eigenvalue weighted by Crippen LogP contribution is 1.86. The number of rotatable bonds is 3. The zero-order chi connectivity index (χ0) is 6.41. The molecule has 0 saturated carbocycles. The van der Waals surface area contributed by atoms with Gasteiger partial charge in [-0.05, 0) is 12.5 Å². The highest BCUT2D eigenvalue weighted by molar-refractivity contribution is 5.10. The molecule has 1 N–H and O–H groups in total. The summed E-state index contributed by atoms with van der Waals surface area (Å²) in [6.45, 7) is 5.81. The van der Waals surface area contributed by atoms with Crippen LogP contribution in [0, 0.1) is 0 Å². The van der Waals surface area contributed by atoms with Crippen LogP contribution < -0.4 is 5.32 Å². The molecule has 0 aliphatic rings. The Hall–Kier alpha value is -0.720. The summed E-state index contributed by atoms with van der Waals surface area (Å²) in [5.74, 6) is 0. The van der Waals surface area contributed by atoms with Crippen LogP contribution >= 0.6 is 0 Å². The van der Waals surface area contributed by atoms with E-state index in [4.69, 9.17) is 0 Å². The molecule has 0 fully saturated rings. The van der Waals surface area contributed by atoms with Gasteiger partial charge in [-0.3, -0.25) is 0 Å². The van der Waals surface area contributed by atoms with Crippen molar-refractivity contribution in [2.75, 3.05) is 7.05 Å². The maximum atomic E-state index is 3.71. The van der Waals surface area contributed by atoms with Crippen molar-refractivity contribution in [2.45, 2.75) is 13.3 Å². The minimum Gasteiger partial charge on any atom is -0.389 e. The first kappa shape index (κ1) is 7.28. The van der Waals surface area contributed by atoms with Gasteiger partial charge in [-0.1, -0.05) is 19.6 Å². The molecule has 0 radical (unpaired) electrons. The summed E-state index contributed by atoms with van der Waals surface area (Å²) in [6, 6.07) is 0. The van der Waals surface area contributed by atoms with E-state index in [1.54, 1.807) is 0 Å². The minimum absolute atomic E-state index is 0.965. The van der Waals surface area contributed by atoms with Crippen LogP contribution in [0.25, 0.3) is 0 Å². The fourth-order valence-electron chi connectivity index (χ4n) is 0.343. The maximum Gasteiger partial charge on any atom is 0.0261 e. The highest BCUT2D eigenvalue weighted by atomic mass is 14.8. The predicted octanol–water partition coefficient (Wildman–Crippen LogP) is 1.69. The second kappa shape index (κ2) is 4.44. The summed E-state index contributed by atoms with van der Waals surface area (Å²) >= 11 is 0. The van der Waals surface area contributed by atoms with Gasteiger partial charge in [0.15, 0.2) is 0 Å². The van der Waals surface area contributed by atoms with Crippen molar-refractivity contribution in [3.63, 3.8) is 0 Å². The topological polar surface area (TPSA) is 12.0 Å². The molecule has 1 nitrogen and oxygen atoms in total. The molecule has 0 atom stereocenters. The Labute approximate surface area is 51.1 Å².